The second-order valence-electron chi connectivity index (χ2n) is 3.49. The average Bonchev–Trinajstić information content (AvgIpc) is 2.33. The standard InChI is InChI=1S/C11H10ClN3O2/c1-7-3-4-8(5-13-7)17-9-6-14-15(2)11(16)10(9)12/h3-6H,1-2H3. The number of halogens is 1. The van der Waals surface area contributed by atoms with Crippen molar-refractivity contribution in [2.45, 2.75) is 6.92 Å². The van der Waals surface area contributed by atoms with Gasteiger partial charge in [0.25, 0.3) is 5.56 Å². The normalized spacial score (nSPS) is 10.3. The molecule has 0 aliphatic carbocycles. The highest BCUT2D eigenvalue weighted by Crippen LogP contribution is 2.24. The third-order valence-electron chi connectivity index (χ3n) is 2.16. The molecular weight excluding hydrogens is 242 g/mol. The van der Waals surface area contributed by atoms with Gasteiger partial charge in [0, 0.05) is 12.7 Å². The van der Waals surface area contributed by atoms with Gasteiger partial charge in [0.15, 0.2) is 10.8 Å². The van der Waals surface area contributed by atoms with Crippen LogP contribution < -0.4 is 10.3 Å². The number of aryl methyl sites for hydroxylation is 2. The van der Waals surface area contributed by atoms with Gasteiger partial charge < -0.3 is 4.74 Å². The van der Waals surface area contributed by atoms with Crippen molar-refractivity contribution in [3.05, 3.63) is 45.6 Å². The summed E-state index contributed by atoms with van der Waals surface area (Å²) in [5.74, 6) is 0.730. The zero-order valence-electron chi connectivity index (χ0n) is 9.35. The van der Waals surface area contributed by atoms with E-state index in [1.807, 2.05) is 6.92 Å². The number of pyridine rings is 1. The lowest BCUT2D eigenvalue weighted by Gasteiger charge is -2.07. The SMILES string of the molecule is Cc1ccc(Oc2cnn(C)c(=O)c2Cl)cn1. The molecule has 0 atom stereocenters. The van der Waals surface area contributed by atoms with Crippen molar-refractivity contribution in [3.63, 3.8) is 0 Å². The van der Waals surface area contributed by atoms with Gasteiger partial charge in [-0.25, -0.2) is 4.68 Å². The maximum absolute atomic E-state index is 11.5. The Morgan fingerprint density at radius 1 is 1.35 bits per heavy atom. The number of rotatable bonds is 2. The first-order valence-corrected chi connectivity index (χ1v) is 5.28. The van der Waals surface area contributed by atoms with Gasteiger partial charge in [0.2, 0.25) is 0 Å². The third-order valence-corrected chi connectivity index (χ3v) is 2.51. The van der Waals surface area contributed by atoms with E-state index < -0.39 is 5.56 Å². The molecule has 0 bridgehead atoms. The zero-order chi connectivity index (χ0) is 12.4. The first-order valence-electron chi connectivity index (χ1n) is 4.90. The topological polar surface area (TPSA) is 57.0 Å². The van der Waals surface area contributed by atoms with Crippen molar-refractivity contribution in [2.75, 3.05) is 0 Å². The van der Waals surface area contributed by atoms with Crippen LogP contribution in [-0.2, 0) is 7.05 Å². The van der Waals surface area contributed by atoms with Crippen molar-refractivity contribution >= 4 is 11.6 Å². The molecule has 6 heteroatoms. The van der Waals surface area contributed by atoms with Gasteiger partial charge in [0.1, 0.15) is 5.75 Å². The fourth-order valence-electron chi connectivity index (χ4n) is 1.21. The van der Waals surface area contributed by atoms with Crippen molar-refractivity contribution in [3.8, 4) is 11.5 Å². The third kappa shape index (κ3) is 2.45. The fraction of sp³-hybridized carbons (Fsp3) is 0.182. The Morgan fingerprint density at radius 2 is 2.12 bits per heavy atom. The van der Waals surface area contributed by atoms with Gasteiger partial charge in [0.05, 0.1) is 12.4 Å². The van der Waals surface area contributed by atoms with E-state index in [0.717, 1.165) is 10.4 Å². The molecule has 5 nitrogen and oxygen atoms in total. The molecule has 0 fully saturated rings. The predicted molar refractivity (Wildman–Crippen MR) is 63.5 cm³/mol. The summed E-state index contributed by atoms with van der Waals surface area (Å²) in [6.07, 6.45) is 2.95. The minimum absolute atomic E-state index is 0.00285. The van der Waals surface area contributed by atoms with E-state index in [-0.39, 0.29) is 10.8 Å². The van der Waals surface area contributed by atoms with Crippen LogP contribution in [0.3, 0.4) is 0 Å². The molecule has 2 aromatic heterocycles. The predicted octanol–water partition coefficient (Wildman–Crippen LogP) is 1.93. The number of hydrogen-bond donors (Lipinski definition) is 0. The molecular formula is C11H10ClN3O2. The minimum Gasteiger partial charge on any atom is -0.452 e. The number of nitrogens with zero attached hydrogens (tertiary/aromatic N) is 3. The molecule has 0 N–H and O–H groups in total. The van der Waals surface area contributed by atoms with Crippen LogP contribution in [0.4, 0.5) is 0 Å². The molecule has 0 radical (unpaired) electrons. The molecule has 0 aliphatic heterocycles. The van der Waals surface area contributed by atoms with Crippen LogP contribution >= 0.6 is 11.6 Å². The highest BCUT2D eigenvalue weighted by Gasteiger charge is 2.09. The second-order valence-corrected chi connectivity index (χ2v) is 3.87. The number of hydrogen-bond acceptors (Lipinski definition) is 4. The van der Waals surface area contributed by atoms with Gasteiger partial charge in [-0.1, -0.05) is 11.6 Å². The van der Waals surface area contributed by atoms with Crippen LogP contribution in [0.15, 0.2) is 29.3 Å². The minimum atomic E-state index is -0.399. The molecule has 0 saturated heterocycles. The van der Waals surface area contributed by atoms with Crippen LogP contribution in [0.5, 0.6) is 11.5 Å². The molecule has 0 amide bonds. The van der Waals surface area contributed by atoms with Crippen molar-refractivity contribution in [1.29, 1.82) is 0 Å². The highest BCUT2D eigenvalue weighted by atomic mass is 35.5. The van der Waals surface area contributed by atoms with Crippen molar-refractivity contribution in [2.24, 2.45) is 7.05 Å². The van der Waals surface area contributed by atoms with E-state index in [9.17, 15) is 4.79 Å². The lowest BCUT2D eigenvalue weighted by atomic mass is 10.4. The molecule has 88 valence electrons. The Morgan fingerprint density at radius 3 is 2.76 bits per heavy atom. The molecule has 2 aromatic rings. The maximum atomic E-state index is 11.5. The van der Waals surface area contributed by atoms with Crippen molar-refractivity contribution in [1.82, 2.24) is 14.8 Å². The maximum Gasteiger partial charge on any atom is 0.289 e. The second kappa shape index (κ2) is 4.55. The average molecular weight is 252 g/mol. The van der Waals surface area contributed by atoms with E-state index in [2.05, 4.69) is 10.1 Å². The molecule has 0 spiro atoms. The molecule has 2 heterocycles. The summed E-state index contributed by atoms with van der Waals surface area (Å²) in [4.78, 5) is 15.6. The van der Waals surface area contributed by atoms with Gasteiger partial charge in [-0.05, 0) is 19.1 Å². The van der Waals surface area contributed by atoms with Crippen LogP contribution in [0.1, 0.15) is 5.69 Å². The number of ether oxygens (including phenoxy) is 1. The van der Waals surface area contributed by atoms with Crippen LogP contribution in [0, 0.1) is 6.92 Å². The Bertz CT molecular complexity index is 593. The van der Waals surface area contributed by atoms with E-state index in [4.69, 9.17) is 16.3 Å². The first-order chi connectivity index (χ1) is 8.08. The van der Waals surface area contributed by atoms with Gasteiger partial charge in [-0.3, -0.25) is 9.78 Å². The van der Waals surface area contributed by atoms with Gasteiger partial charge in [-0.2, -0.15) is 5.10 Å². The Labute approximate surface area is 103 Å². The summed E-state index contributed by atoms with van der Waals surface area (Å²) in [6.45, 7) is 1.87. The van der Waals surface area contributed by atoms with E-state index in [0.29, 0.717) is 5.75 Å². The Kier molecular flexibility index (Phi) is 3.10. The summed E-state index contributed by atoms with van der Waals surface area (Å²) in [5, 5.41) is 3.83. The lowest BCUT2D eigenvalue weighted by molar-refractivity contribution is 0.470. The summed E-state index contributed by atoms with van der Waals surface area (Å²) >= 11 is 5.86. The smallest absolute Gasteiger partial charge is 0.289 e. The number of aromatic nitrogens is 3. The van der Waals surface area contributed by atoms with Crippen LogP contribution in [-0.4, -0.2) is 14.8 Å². The van der Waals surface area contributed by atoms with Crippen LogP contribution in [0.2, 0.25) is 5.02 Å². The molecule has 0 unspecified atom stereocenters. The monoisotopic (exact) mass is 251 g/mol. The molecule has 2 rings (SSSR count). The van der Waals surface area contributed by atoms with E-state index >= 15 is 0 Å². The van der Waals surface area contributed by atoms with Gasteiger partial charge in [-0.15, -0.1) is 0 Å². The van der Waals surface area contributed by atoms with E-state index in [1.165, 1.54) is 13.2 Å². The van der Waals surface area contributed by atoms with E-state index in [1.54, 1.807) is 18.3 Å². The fourth-order valence-corrected chi connectivity index (χ4v) is 1.42. The van der Waals surface area contributed by atoms with Crippen LogP contribution in [0.25, 0.3) is 0 Å². The molecule has 0 aromatic carbocycles. The quantitative estimate of drug-likeness (QED) is 0.818. The summed E-state index contributed by atoms with van der Waals surface area (Å²) in [5.41, 5.74) is 0.481. The molecule has 0 aliphatic rings. The highest BCUT2D eigenvalue weighted by molar-refractivity contribution is 6.31. The van der Waals surface area contributed by atoms with Crippen molar-refractivity contribution < 1.29 is 4.74 Å². The zero-order valence-corrected chi connectivity index (χ0v) is 10.1. The summed E-state index contributed by atoms with van der Waals surface area (Å²) < 4.78 is 6.57. The first kappa shape index (κ1) is 11.6. The summed E-state index contributed by atoms with van der Waals surface area (Å²) in [7, 11) is 1.52. The Hall–Kier alpha value is -1.88. The molecule has 0 saturated carbocycles. The summed E-state index contributed by atoms with van der Waals surface area (Å²) in [6, 6.07) is 3.55. The van der Waals surface area contributed by atoms with Gasteiger partial charge >= 0.3 is 0 Å². The Balaban J connectivity index is 2.34. The molecule has 17 heavy (non-hydrogen) atoms. The largest absolute Gasteiger partial charge is 0.452 e. The lowest BCUT2D eigenvalue weighted by Crippen LogP contribution is -2.19.